The van der Waals surface area contributed by atoms with Gasteiger partial charge in [0.25, 0.3) is 0 Å². The molecule has 0 atom stereocenters. The fourth-order valence-electron chi connectivity index (χ4n) is 2.25. The molecule has 20 heavy (non-hydrogen) atoms. The van der Waals surface area contributed by atoms with Crippen LogP contribution in [0.2, 0.25) is 0 Å². The molecular formula is C14H16N4OS. The molecule has 0 unspecified atom stereocenters. The summed E-state index contributed by atoms with van der Waals surface area (Å²) in [5.74, 6) is -0.0553. The molecule has 5 nitrogen and oxygen atoms in total. The molecule has 0 aliphatic carbocycles. The van der Waals surface area contributed by atoms with E-state index in [2.05, 4.69) is 20.4 Å². The average Bonchev–Trinajstić information content (AvgIpc) is 3.10. The van der Waals surface area contributed by atoms with E-state index in [4.69, 9.17) is 0 Å². The highest BCUT2D eigenvalue weighted by Crippen LogP contribution is 2.26. The topological polar surface area (TPSA) is 58.1 Å². The van der Waals surface area contributed by atoms with E-state index in [1.54, 1.807) is 0 Å². The second-order valence-electron chi connectivity index (χ2n) is 4.79. The van der Waals surface area contributed by atoms with Gasteiger partial charge in [-0.2, -0.15) is 0 Å². The average molecular weight is 288 g/mol. The van der Waals surface area contributed by atoms with Gasteiger partial charge in [0.2, 0.25) is 16.2 Å². The van der Waals surface area contributed by atoms with Gasteiger partial charge in [-0.25, -0.2) is 0 Å². The number of nitrogens with zero attached hydrogens (tertiary/aromatic N) is 3. The SMILES string of the molecule is O=C(Cc1ccccc1)Nc1nnc(N2CCCC2)s1. The van der Waals surface area contributed by atoms with Crippen LogP contribution in [0, 0.1) is 0 Å². The van der Waals surface area contributed by atoms with Crippen LogP contribution in [0.5, 0.6) is 0 Å². The molecule has 2 aromatic rings. The molecule has 6 heteroatoms. The Kier molecular flexibility index (Phi) is 3.92. The first-order valence-electron chi connectivity index (χ1n) is 6.73. The molecule has 3 rings (SSSR count). The zero-order valence-electron chi connectivity index (χ0n) is 11.1. The predicted molar refractivity (Wildman–Crippen MR) is 80.1 cm³/mol. The number of hydrogen-bond donors (Lipinski definition) is 1. The minimum Gasteiger partial charge on any atom is -0.347 e. The number of hydrogen-bond acceptors (Lipinski definition) is 5. The van der Waals surface area contributed by atoms with E-state index < -0.39 is 0 Å². The minimum absolute atomic E-state index is 0.0553. The number of amides is 1. The third kappa shape index (κ3) is 3.14. The molecule has 0 radical (unpaired) electrons. The molecule has 0 saturated carbocycles. The van der Waals surface area contributed by atoms with Crippen LogP contribution in [-0.4, -0.2) is 29.2 Å². The Hall–Kier alpha value is -1.95. The number of aromatic nitrogens is 2. The summed E-state index contributed by atoms with van der Waals surface area (Å²) in [4.78, 5) is 14.1. The number of rotatable bonds is 4. The summed E-state index contributed by atoms with van der Waals surface area (Å²) in [5.41, 5.74) is 0.995. The fraction of sp³-hybridized carbons (Fsp3) is 0.357. The number of carbonyl (C=O) groups is 1. The van der Waals surface area contributed by atoms with E-state index in [9.17, 15) is 4.79 Å². The molecule has 0 bridgehead atoms. The highest BCUT2D eigenvalue weighted by molar-refractivity contribution is 7.19. The van der Waals surface area contributed by atoms with Crippen molar-refractivity contribution < 1.29 is 4.79 Å². The quantitative estimate of drug-likeness (QED) is 0.938. The molecule has 1 aromatic heterocycles. The van der Waals surface area contributed by atoms with Gasteiger partial charge >= 0.3 is 0 Å². The Morgan fingerprint density at radius 2 is 1.95 bits per heavy atom. The van der Waals surface area contributed by atoms with Gasteiger partial charge in [0.05, 0.1) is 6.42 Å². The van der Waals surface area contributed by atoms with Crippen LogP contribution in [0.4, 0.5) is 10.3 Å². The summed E-state index contributed by atoms with van der Waals surface area (Å²) in [6.07, 6.45) is 2.77. The normalized spacial score (nSPS) is 14.5. The van der Waals surface area contributed by atoms with Crippen molar-refractivity contribution in [1.82, 2.24) is 10.2 Å². The van der Waals surface area contributed by atoms with Gasteiger partial charge in [-0.1, -0.05) is 41.7 Å². The van der Waals surface area contributed by atoms with Gasteiger partial charge < -0.3 is 10.2 Å². The summed E-state index contributed by atoms with van der Waals surface area (Å²) in [6, 6.07) is 9.68. The standard InChI is InChI=1S/C14H16N4OS/c19-12(10-11-6-2-1-3-7-11)15-13-16-17-14(20-13)18-8-4-5-9-18/h1-3,6-7H,4-5,8-10H2,(H,15,16,19). The smallest absolute Gasteiger partial charge is 0.230 e. The van der Waals surface area contributed by atoms with Crippen molar-refractivity contribution in [2.45, 2.75) is 19.3 Å². The van der Waals surface area contributed by atoms with E-state index >= 15 is 0 Å². The van der Waals surface area contributed by atoms with Gasteiger partial charge in [0.15, 0.2) is 0 Å². The molecule has 1 amide bonds. The third-order valence-corrected chi connectivity index (χ3v) is 4.14. The minimum atomic E-state index is -0.0553. The Morgan fingerprint density at radius 1 is 1.20 bits per heavy atom. The van der Waals surface area contributed by atoms with Crippen LogP contribution in [0.15, 0.2) is 30.3 Å². The third-order valence-electron chi connectivity index (χ3n) is 3.24. The van der Waals surface area contributed by atoms with Crippen molar-refractivity contribution >= 4 is 27.5 Å². The molecule has 2 heterocycles. The number of nitrogens with one attached hydrogen (secondary N) is 1. The molecule has 1 fully saturated rings. The summed E-state index contributed by atoms with van der Waals surface area (Å²) < 4.78 is 0. The van der Waals surface area contributed by atoms with E-state index in [0.29, 0.717) is 11.6 Å². The maximum absolute atomic E-state index is 11.9. The Bertz CT molecular complexity index is 578. The van der Waals surface area contributed by atoms with Gasteiger partial charge in [-0.3, -0.25) is 4.79 Å². The second-order valence-corrected chi connectivity index (χ2v) is 5.75. The summed E-state index contributed by atoms with van der Waals surface area (Å²) in [6.45, 7) is 2.07. The first kappa shape index (κ1) is 13.1. The lowest BCUT2D eigenvalue weighted by Crippen LogP contribution is -2.17. The Morgan fingerprint density at radius 3 is 2.70 bits per heavy atom. The fourth-order valence-corrected chi connectivity index (χ4v) is 3.06. The van der Waals surface area contributed by atoms with Crippen molar-refractivity contribution in [3.05, 3.63) is 35.9 Å². The van der Waals surface area contributed by atoms with Crippen LogP contribution >= 0.6 is 11.3 Å². The second kappa shape index (κ2) is 6.00. The van der Waals surface area contributed by atoms with Crippen LogP contribution in [-0.2, 0) is 11.2 Å². The highest BCUT2D eigenvalue weighted by Gasteiger charge is 2.17. The molecule has 1 aliphatic rings. The lowest BCUT2D eigenvalue weighted by atomic mass is 10.1. The highest BCUT2D eigenvalue weighted by atomic mass is 32.1. The van der Waals surface area contributed by atoms with Crippen molar-refractivity contribution in [2.75, 3.05) is 23.3 Å². The molecule has 1 saturated heterocycles. The van der Waals surface area contributed by atoms with Gasteiger partial charge in [-0.15, -0.1) is 10.2 Å². The monoisotopic (exact) mass is 288 g/mol. The Balaban J connectivity index is 1.59. The summed E-state index contributed by atoms with van der Waals surface area (Å²) >= 11 is 1.44. The lowest BCUT2D eigenvalue weighted by Gasteiger charge is -2.10. The number of benzene rings is 1. The van der Waals surface area contributed by atoms with E-state index in [1.807, 2.05) is 30.3 Å². The van der Waals surface area contributed by atoms with Crippen molar-refractivity contribution in [3.8, 4) is 0 Å². The van der Waals surface area contributed by atoms with E-state index in [1.165, 1.54) is 24.2 Å². The molecule has 0 spiro atoms. The molecule has 1 aliphatic heterocycles. The van der Waals surface area contributed by atoms with Crippen LogP contribution in [0.25, 0.3) is 0 Å². The zero-order chi connectivity index (χ0) is 13.8. The molecule has 1 aromatic carbocycles. The summed E-state index contributed by atoms with van der Waals surface area (Å²) in [7, 11) is 0. The van der Waals surface area contributed by atoms with Gasteiger partial charge in [-0.05, 0) is 18.4 Å². The molecule has 1 N–H and O–H groups in total. The van der Waals surface area contributed by atoms with Crippen molar-refractivity contribution in [3.63, 3.8) is 0 Å². The summed E-state index contributed by atoms with van der Waals surface area (Å²) in [5, 5.41) is 12.5. The largest absolute Gasteiger partial charge is 0.347 e. The first-order chi connectivity index (χ1) is 9.81. The maximum Gasteiger partial charge on any atom is 0.230 e. The Labute approximate surface area is 121 Å². The number of carbonyl (C=O) groups excluding carboxylic acids is 1. The van der Waals surface area contributed by atoms with Gasteiger partial charge in [0.1, 0.15) is 0 Å². The lowest BCUT2D eigenvalue weighted by molar-refractivity contribution is -0.115. The predicted octanol–water partition coefficient (Wildman–Crippen LogP) is 2.32. The van der Waals surface area contributed by atoms with Crippen molar-refractivity contribution in [2.24, 2.45) is 0 Å². The number of anilines is 2. The maximum atomic E-state index is 11.9. The molecule has 104 valence electrons. The van der Waals surface area contributed by atoms with E-state index in [-0.39, 0.29) is 5.91 Å². The van der Waals surface area contributed by atoms with Crippen LogP contribution < -0.4 is 10.2 Å². The molecular weight excluding hydrogens is 272 g/mol. The zero-order valence-corrected chi connectivity index (χ0v) is 11.9. The van der Waals surface area contributed by atoms with Gasteiger partial charge in [0, 0.05) is 13.1 Å². The van der Waals surface area contributed by atoms with Crippen LogP contribution in [0.3, 0.4) is 0 Å². The van der Waals surface area contributed by atoms with Crippen molar-refractivity contribution in [1.29, 1.82) is 0 Å². The first-order valence-corrected chi connectivity index (χ1v) is 7.55. The van der Waals surface area contributed by atoms with Crippen LogP contribution in [0.1, 0.15) is 18.4 Å². The van der Waals surface area contributed by atoms with E-state index in [0.717, 1.165) is 23.8 Å².